The number of hydrogen-bond acceptors (Lipinski definition) is 1. The lowest BCUT2D eigenvalue weighted by Crippen LogP contribution is -2.13. The van der Waals surface area contributed by atoms with E-state index in [-0.39, 0.29) is 0 Å². The Morgan fingerprint density at radius 3 is 2.68 bits per heavy atom. The van der Waals surface area contributed by atoms with E-state index in [9.17, 15) is 0 Å². The van der Waals surface area contributed by atoms with Crippen LogP contribution in [0.25, 0.3) is 10.9 Å². The smallest absolute Gasteiger partial charge is 0.0548 e. The van der Waals surface area contributed by atoms with Crippen LogP contribution < -0.4 is 5.32 Å². The summed E-state index contributed by atoms with van der Waals surface area (Å²) in [7, 11) is 0. The van der Waals surface area contributed by atoms with Crippen molar-refractivity contribution in [2.45, 2.75) is 46.6 Å². The van der Waals surface area contributed by atoms with Gasteiger partial charge in [-0.05, 0) is 61.3 Å². The molecule has 2 nitrogen and oxygen atoms in total. The lowest BCUT2D eigenvalue weighted by atomic mass is 10.1. The molecule has 118 valence electrons. The molecule has 2 fully saturated rings. The molecule has 0 atom stereocenters. The lowest BCUT2D eigenvalue weighted by molar-refractivity contribution is 0.600. The molecule has 2 saturated carbocycles. The number of hydrogen-bond donors (Lipinski definition) is 2. The van der Waals surface area contributed by atoms with Gasteiger partial charge in [-0.25, -0.2) is 0 Å². The monoisotopic (exact) mass is 316 g/mol. The van der Waals surface area contributed by atoms with E-state index in [2.05, 4.69) is 29.0 Å². The number of H-pyrrole nitrogens is 1. The van der Waals surface area contributed by atoms with Crippen molar-refractivity contribution in [3.05, 3.63) is 46.8 Å². The largest absolute Gasteiger partial charge is 0.383 e. The number of aromatic nitrogens is 1. The second kappa shape index (κ2) is 5.66. The molecule has 0 spiro atoms. The van der Waals surface area contributed by atoms with Crippen LogP contribution in [0.3, 0.4) is 0 Å². The number of benzene rings is 1. The Bertz CT molecular complexity index is 669. The molecule has 0 radical (unpaired) electrons. The van der Waals surface area contributed by atoms with E-state index in [1.807, 2.05) is 26.8 Å². The molecule has 3 heteroatoms. The van der Waals surface area contributed by atoms with Crippen LogP contribution in [-0.2, 0) is 6.54 Å². The Morgan fingerprint density at radius 1 is 1.36 bits per heavy atom. The van der Waals surface area contributed by atoms with Crippen LogP contribution in [0.2, 0.25) is 5.02 Å². The highest BCUT2D eigenvalue weighted by atomic mass is 35.5. The minimum Gasteiger partial charge on any atom is -0.383 e. The topological polar surface area (TPSA) is 27.8 Å². The number of nitrogens with one attached hydrogen (secondary N) is 2. The normalized spacial score (nSPS) is 24.3. The summed E-state index contributed by atoms with van der Waals surface area (Å²) >= 11 is 6.17. The summed E-state index contributed by atoms with van der Waals surface area (Å²) < 4.78 is 0. The SMILES string of the molecule is C=C(CC12CC1C2)NCc1cc2cc(Cl)c(C)cc2[nH]1.CC. The maximum absolute atomic E-state index is 6.17. The fourth-order valence-corrected chi connectivity index (χ4v) is 3.39. The molecular formula is C19H25ClN2. The minimum absolute atomic E-state index is 0.676. The van der Waals surface area contributed by atoms with E-state index in [4.69, 9.17) is 11.6 Å². The van der Waals surface area contributed by atoms with Crippen molar-refractivity contribution in [2.75, 3.05) is 0 Å². The van der Waals surface area contributed by atoms with Crippen LogP contribution in [0, 0.1) is 18.3 Å². The first-order chi connectivity index (χ1) is 10.6. The van der Waals surface area contributed by atoms with E-state index < -0.39 is 0 Å². The molecule has 1 aromatic heterocycles. The highest BCUT2D eigenvalue weighted by Gasteiger charge is 2.68. The van der Waals surface area contributed by atoms with Gasteiger partial charge in [0, 0.05) is 27.3 Å². The number of halogens is 1. The van der Waals surface area contributed by atoms with Gasteiger partial charge >= 0.3 is 0 Å². The van der Waals surface area contributed by atoms with Gasteiger partial charge in [0.15, 0.2) is 0 Å². The molecule has 0 amide bonds. The average molecular weight is 317 g/mol. The third-order valence-corrected chi connectivity index (χ3v) is 5.31. The first-order valence-corrected chi connectivity index (χ1v) is 8.63. The molecule has 2 N–H and O–H groups in total. The Kier molecular flexibility index (Phi) is 3.98. The van der Waals surface area contributed by atoms with Crippen molar-refractivity contribution < 1.29 is 0 Å². The highest BCUT2D eigenvalue weighted by Crippen LogP contribution is 2.77. The van der Waals surface area contributed by atoms with E-state index >= 15 is 0 Å². The number of aryl methyl sites for hydroxylation is 1. The molecule has 2 aromatic rings. The van der Waals surface area contributed by atoms with Crippen molar-refractivity contribution >= 4 is 22.5 Å². The summed E-state index contributed by atoms with van der Waals surface area (Å²) in [6.07, 6.45) is 4.01. The Balaban J connectivity index is 0.000000693. The Labute approximate surface area is 137 Å². The second-order valence-electron chi connectivity index (χ2n) is 6.58. The van der Waals surface area contributed by atoms with Gasteiger partial charge in [0.25, 0.3) is 0 Å². The summed E-state index contributed by atoms with van der Waals surface area (Å²) in [4.78, 5) is 3.45. The van der Waals surface area contributed by atoms with Crippen LogP contribution in [0.15, 0.2) is 30.5 Å². The van der Waals surface area contributed by atoms with Crippen LogP contribution in [0.4, 0.5) is 0 Å². The van der Waals surface area contributed by atoms with Gasteiger partial charge in [-0.3, -0.25) is 0 Å². The van der Waals surface area contributed by atoms with Crippen LogP contribution in [0.1, 0.15) is 44.4 Å². The molecule has 4 rings (SSSR count). The maximum atomic E-state index is 6.17. The van der Waals surface area contributed by atoms with Gasteiger partial charge < -0.3 is 10.3 Å². The number of aromatic amines is 1. The third-order valence-electron chi connectivity index (χ3n) is 4.90. The van der Waals surface area contributed by atoms with Crippen molar-refractivity contribution in [1.82, 2.24) is 10.3 Å². The quantitative estimate of drug-likeness (QED) is 0.742. The zero-order valence-corrected chi connectivity index (χ0v) is 14.5. The summed E-state index contributed by atoms with van der Waals surface area (Å²) in [6, 6.07) is 6.29. The Hall–Kier alpha value is -1.41. The fourth-order valence-electron chi connectivity index (χ4n) is 3.22. The number of fused-ring (bicyclic) bond motifs is 2. The summed E-state index contributed by atoms with van der Waals surface area (Å²) in [6.45, 7) is 11.0. The molecule has 0 unspecified atom stereocenters. The first kappa shape index (κ1) is 15.5. The number of rotatable bonds is 5. The predicted octanol–water partition coefficient (Wildman–Crippen LogP) is 5.56. The zero-order chi connectivity index (χ0) is 15.9. The lowest BCUT2D eigenvalue weighted by Gasteiger charge is -2.10. The van der Waals surface area contributed by atoms with E-state index in [1.54, 1.807) is 0 Å². The fraction of sp³-hybridized carbons (Fsp3) is 0.474. The molecule has 1 aromatic carbocycles. The number of allylic oxidation sites excluding steroid dienone is 1. The second-order valence-corrected chi connectivity index (χ2v) is 6.99. The first-order valence-electron chi connectivity index (χ1n) is 8.25. The molecule has 0 aliphatic heterocycles. The van der Waals surface area contributed by atoms with Crippen molar-refractivity contribution in [3.63, 3.8) is 0 Å². The molecule has 2 aliphatic rings. The molecule has 0 saturated heterocycles. The highest BCUT2D eigenvalue weighted by molar-refractivity contribution is 6.32. The van der Waals surface area contributed by atoms with Gasteiger partial charge in [-0.2, -0.15) is 0 Å². The molecule has 22 heavy (non-hydrogen) atoms. The predicted molar refractivity (Wildman–Crippen MR) is 95.1 cm³/mol. The maximum Gasteiger partial charge on any atom is 0.0548 e. The van der Waals surface area contributed by atoms with Gasteiger partial charge in [0.2, 0.25) is 0 Å². The van der Waals surface area contributed by atoms with Crippen LogP contribution in [0.5, 0.6) is 0 Å². The van der Waals surface area contributed by atoms with E-state index in [0.29, 0.717) is 5.41 Å². The van der Waals surface area contributed by atoms with Gasteiger partial charge in [-0.15, -0.1) is 0 Å². The molecule has 0 bridgehead atoms. The van der Waals surface area contributed by atoms with Crippen molar-refractivity contribution in [2.24, 2.45) is 11.3 Å². The summed E-state index contributed by atoms with van der Waals surface area (Å²) in [5.74, 6) is 1.03. The van der Waals surface area contributed by atoms with Crippen molar-refractivity contribution in [3.8, 4) is 0 Å². The molecule has 1 heterocycles. The van der Waals surface area contributed by atoms with Gasteiger partial charge in [-0.1, -0.05) is 32.0 Å². The van der Waals surface area contributed by atoms with Crippen LogP contribution in [-0.4, -0.2) is 4.98 Å². The van der Waals surface area contributed by atoms with Crippen molar-refractivity contribution in [1.29, 1.82) is 0 Å². The summed E-state index contributed by atoms with van der Waals surface area (Å²) in [5, 5.41) is 5.45. The Morgan fingerprint density at radius 2 is 2.05 bits per heavy atom. The van der Waals surface area contributed by atoms with Crippen LogP contribution >= 0.6 is 11.6 Å². The van der Waals surface area contributed by atoms with E-state index in [1.165, 1.54) is 29.6 Å². The van der Waals surface area contributed by atoms with E-state index in [0.717, 1.165) is 35.0 Å². The van der Waals surface area contributed by atoms with Gasteiger partial charge in [0.1, 0.15) is 0 Å². The summed E-state index contributed by atoms with van der Waals surface area (Å²) in [5.41, 5.74) is 5.30. The van der Waals surface area contributed by atoms with Gasteiger partial charge in [0.05, 0.1) is 6.54 Å². The third kappa shape index (κ3) is 2.89. The standard InChI is InChI=1S/C17H19ClN2.C2H6/c1-10-3-16-12(5-15(10)18)4-14(20-16)9-19-11(2)6-17-7-13(17)8-17;1-2/h3-5,13,19-20H,2,6-9H2,1H3;1-2H3. The zero-order valence-electron chi connectivity index (χ0n) is 13.7. The minimum atomic E-state index is 0.676. The molecular weight excluding hydrogens is 292 g/mol. The average Bonchev–Trinajstić information content (AvgIpc) is 3.28. The molecule has 2 aliphatic carbocycles.